The van der Waals surface area contributed by atoms with E-state index in [0.717, 1.165) is 44.9 Å². The number of phosphoric ester groups is 1. The number of hydrogen-bond acceptors (Lipinski definition) is 6. The molecular weight excluding hydrogens is 387 g/mol. The first-order valence-electron chi connectivity index (χ1n) is 10.3. The van der Waals surface area contributed by atoms with Crippen molar-refractivity contribution in [3.63, 3.8) is 0 Å². The molecule has 1 atom stereocenters. The lowest BCUT2D eigenvalue weighted by atomic mass is 10.1. The molecule has 0 unspecified atom stereocenters. The van der Waals surface area contributed by atoms with E-state index < -0.39 is 32.5 Å². The molecule has 0 aromatic carbocycles. The highest BCUT2D eigenvalue weighted by atomic mass is 31.2. The van der Waals surface area contributed by atoms with Gasteiger partial charge in [0.25, 0.3) is 0 Å². The van der Waals surface area contributed by atoms with Gasteiger partial charge in [0.2, 0.25) is 0 Å². The van der Waals surface area contributed by atoms with Gasteiger partial charge in [0.15, 0.2) is 6.10 Å². The van der Waals surface area contributed by atoms with Crippen LogP contribution in [0, 0.1) is 0 Å². The maximum absolute atomic E-state index is 11.9. The smallest absolute Gasteiger partial charge is 0.462 e. The fourth-order valence-corrected chi connectivity index (χ4v) is 2.91. The van der Waals surface area contributed by atoms with Gasteiger partial charge in [0, 0.05) is 12.8 Å². The minimum absolute atomic E-state index is 0.212. The van der Waals surface area contributed by atoms with Crippen LogP contribution in [0.4, 0.5) is 0 Å². The molecule has 0 radical (unpaired) electrons. The first-order valence-corrected chi connectivity index (χ1v) is 11.9. The number of hydrogen-bond donors (Lipinski definition) is 2. The predicted molar refractivity (Wildman–Crippen MR) is 106 cm³/mol. The lowest BCUT2D eigenvalue weighted by Crippen LogP contribution is -2.29. The minimum atomic E-state index is -4.70. The SMILES string of the molecule is CCCCCCCCC(=O)O[C@H](COC(=O)CCCCCC)COP(=O)(O)O. The van der Waals surface area contributed by atoms with E-state index in [4.69, 9.17) is 19.3 Å². The van der Waals surface area contributed by atoms with E-state index in [1.165, 1.54) is 6.42 Å². The van der Waals surface area contributed by atoms with Gasteiger partial charge < -0.3 is 19.3 Å². The van der Waals surface area contributed by atoms with Crippen molar-refractivity contribution in [1.82, 2.24) is 0 Å². The van der Waals surface area contributed by atoms with Crippen molar-refractivity contribution in [2.45, 2.75) is 97.0 Å². The van der Waals surface area contributed by atoms with Gasteiger partial charge in [-0.25, -0.2) is 4.57 Å². The second-order valence-electron chi connectivity index (χ2n) is 6.91. The van der Waals surface area contributed by atoms with Crippen LogP contribution in [-0.2, 0) is 28.2 Å². The average molecular weight is 424 g/mol. The minimum Gasteiger partial charge on any atom is -0.462 e. The van der Waals surface area contributed by atoms with Crippen molar-refractivity contribution in [2.24, 2.45) is 0 Å². The first kappa shape index (κ1) is 27.0. The summed E-state index contributed by atoms with van der Waals surface area (Å²) in [7, 11) is -4.70. The summed E-state index contributed by atoms with van der Waals surface area (Å²) in [5.74, 6) is -0.918. The molecule has 0 spiro atoms. The fraction of sp³-hybridized carbons (Fsp3) is 0.895. The highest BCUT2D eigenvalue weighted by Crippen LogP contribution is 2.35. The molecule has 0 heterocycles. The molecule has 0 saturated carbocycles. The number of carbonyl (C=O) groups excluding carboxylic acids is 2. The molecule has 0 fully saturated rings. The van der Waals surface area contributed by atoms with Gasteiger partial charge in [-0.15, -0.1) is 0 Å². The summed E-state index contributed by atoms with van der Waals surface area (Å²) in [4.78, 5) is 41.3. The zero-order chi connectivity index (χ0) is 21.3. The summed E-state index contributed by atoms with van der Waals surface area (Å²) in [5, 5.41) is 0. The van der Waals surface area contributed by atoms with E-state index in [1.54, 1.807) is 0 Å². The van der Waals surface area contributed by atoms with E-state index in [9.17, 15) is 14.2 Å². The summed E-state index contributed by atoms with van der Waals surface area (Å²) in [5.41, 5.74) is 0. The van der Waals surface area contributed by atoms with Crippen molar-refractivity contribution >= 4 is 19.8 Å². The van der Waals surface area contributed by atoms with Crippen LogP contribution in [-0.4, -0.2) is 41.0 Å². The molecule has 9 heteroatoms. The van der Waals surface area contributed by atoms with Crippen LogP contribution >= 0.6 is 7.82 Å². The Morgan fingerprint density at radius 3 is 1.86 bits per heavy atom. The molecule has 0 saturated heterocycles. The number of unbranched alkanes of at least 4 members (excludes halogenated alkanes) is 8. The van der Waals surface area contributed by atoms with Crippen LogP contribution < -0.4 is 0 Å². The van der Waals surface area contributed by atoms with Crippen LogP contribution in [0.5, 0.6) is 0 Å². The monoisotopic (exact) mass is 424 g/mol. The maximum Gasteiger partial charge on any atom is 0.469 e. The third kappa shape index (κ3) is 18.4. The lowest BCUT2D eigenvalue weighted by Gasteiger charge is -2.18. The quantitative estimate of drug-likeness (QED) is 0.190. The van der Waals surface area contributed by atoms with Gasteiger partial charge in [-0.05, 0) is 12.8 Å². The zero-order valence-electron chi connectivity index (χ0n) is 17.3. The Bertz CT molecular complexity index is 463. The van der Waals surface area contributed by atoms with Crippen molar-refractivity contribution in [3.8, 4) is 0 Å². The molecule has 8 nitrogen and oxygen atoms in total. The Labute approximate surface area is 168 Å². The van der Waals surface area contributed by atoms with Gasteiger partial charge >= 0.3 is 19.8 Å². The fourth-order valence-electron chi connectivity index (χ4n) is 2.55. The van der Waals surface area contributed by atoms with Crippen molar-refractivity contribution < 1.29 is 37.9 Å². The van der Waals surface area contributed by atoms with Gasteiger partial charge in [-0.1, -0.05) is 65.2 Å². The van der Waals surface area contributed by atoms with Crippen LogP contribution in [0.25, 0.3) is 0 Å². The van der Waals surface area contributed by atoms with Crippen LogP contribution in [0.3, 0.4) is 0 Å². The Kier molecular flexibility index (Phi) is 16.4. The number of carbonyl (C=O) groups is 2. The van der Waals surface area contributed by atoms with Crippen LogP contribution in [0.2, 0.25) is 0 Å². The Hall–Kier alpha value is -0.950. The Balaban J connectivity index is 4.25. The van der Waals surface area contributed by atoms with E-state index in [0.29, 0.717) is 12.8 Å². The highest BCUT2D eigenvalue weighted by molar-refractivity contribution is 7.46. The zero-order valence-corrected chi connectivity index (χ0v) is 18.2. The Morgan fingerprint density at radius 2 is 1.29 bits per heavy atom. The second-order valence-corrected chi connectivity index (χ2v) is 8.15. The summed E-state index contributed by atoms with van der Waals surface area (Å²) >= 11 is 0. The molecule has 0 aliphatic rings. The van der Waals surface area contributed by atoms with Gasteiger partial charge in [0.1, 0.15) is 6.61 Å². The lowest BCUT2D eigenvalue weighted by molar-refractivity contribution is -0.161. The topological polar surface area (TPSA) is 119 Å². The molecule has 0 aromatic rings. The molecule has 0 amide bonds. The van der Waals surface area contributed by atoms with E-state index in [-0.39, 0.29) is 19.4 Å². The van der Waals surface area contributed by atoms with Crippen molar-refractivity contribution in [3.05, 3.63) is 0 Å². The van der Waals surface area contributed by atoms with Gasteiger partial charge in [-0.2, -0.15) is 0 Å². The molecule has 0 aliphatic carbocycles. The predicted octanol–water partition coefficient (Wildman–Crippen LogP) is 4.27. The summed E-state index contributed by atoms with van der Waals surface area (Å²) < 4.78 is 25.5. The molecule has 0 aliphatic heterocycles. The second kappa shape index (κ2) is 17.0. The van der Waals surface area contributed by atoms with Gasteiger partial charge in [-0.3, -0.25) is 14.1 Å². The summed E-state index contributed by atoms with van der Waals surface area (Å²) in [6, 6.07) is 0. The third-order valence-electron chi connectivity index (χ3n) is 4.13. The maximum atomic E-state index is 11.9. The van der Waals surface area contributed by atoms with Gasteiger partial charge in [0.05, 0.1) is 6.61 Å². The molecular formula is C19H37O8P. The highest BCUT2D eigenvalue weighted by Gasteiger charge is 2.22. The van der Waals surface area contributed by atoms with E-state index in [1.807, 2.05) is 0 Å². The summed E-state index contributed by atoms with van der Waals surface area (Å²) in [6.07, 6.45) is 9.32. The molecule has 0 rings (SSSR count). The van der Waals surface area contributed by atoms with E-state index in [2.05, 4.69) is 18.4 Å². The van der Waals surface area contributed by atoms with E-state index >= 15 is 0 Å². The van der Waals surface area contributed by atoms with Crippen LogP contribution in [0.15, 0.2) is 0 Å². The molecule has 2 N–H and O–H groups in total. The largest absolute Gasteiger partial charge is 0.469 e. The number of esters is 2. The molecule has 0 bridgehead atoms. The Morgan fingerprint density at radius 1 is 0.786 bits per heavy atom. The molecule has 28 heavy (non-hydrogen) atoms. The number of ether oxygens (including phenoxy) is 2. The van der Waals surface area contributed by atoms with Crippen LogP contribution in [0.1, 0.15) is 90.9 Å². The standard InChI is InChI=1S/C19H37O8P/c1-3-5-7-9-10-12-14-19(21)27-17(16-26-28(22,23)24)15-25-18(20)13-11-8-6-4-2/h17H,3-16H2,1-2H3,(H2,22,23,24)/t17-/m1/s1. The first-order chi connectivity index (χ1) is 13.3. The third-order valence-corrected chi connectivity index (χ3v) is 4.61. The van der Waals surface area contributed by atoms with Crippen molar-refractivity contribution in [1.29, 1.82) is 0 Å². The molecule has 0 aromatic heterocycles. The number of phosphoric acid groups is 1. The normalized spacial score (nSPS) is 12.6. The molecule has 166 valence electrons. The number of rotatable bonds is 18. The summed E-state index contributed by atoms with van der Waals surface area (Å²) in [6.45, 7) is 3.39. The van der Waals surface area contributed by atoms with Crippen molar-refractivity contribution in [2.75, 3.05) is 13.2 Å². The average Bonchev–Trinajstić information content (AvgIpc) is 2.63.